The topological polar surface area (TPSA) is 94.5 Å². The second-order valence-corrected chi connectivity index (χ2v) is 16.9. The van der Waals surface area contributed by atoms with Gasteiger partial charge in [0.2, 0.25) is 0 Å². The molecule has 6 aromatic carbocycles. The Labute approximate surface area is 361 Å². The molecule has 2 N–H and O–H groups in total. The van der Waals surface area contributed by atoms with Gasteiger partial charge in [-0.05, 0) is 101 Å². The number of carbonyl (C=O) groups is 1. The number of aliphatic hydroxyl groups excluding tert-OH is 2. The van der Waals surface area contributed by atoms with Crippen LogP contribution in [0.3, 0.4) is 0 Å². The monoisotopic (exact) mass is 878 g/mol. The van der Waals surface area contributed by atoms with Crippen LogP contribution >= 0.6 is 0 Å². The van der Waals surface area contributed by atoms with Crippen LogP contribution in [0.5, 0.6) is 0 Å². The number of carbonyl (C=O) groups excluding carboxylic acids is 1. The van der Waals surface area contributed by atoms with E-state index in [2.05, 4.69) is 13.8 Å². The van der Waals surface area contributed by atoms with E-state index in [-0.39, 0.29) is 53.4 Å². The molecule has 3 aliphatic heterocycles. The van der Waals surface area contributed by atoms with Crippen LogP contribution in [0.15, 0.2) is 72.8 Å². The molecule has 0 radical (unpaired) electrons. The van der Waals surface area contributed by atoms with Gasteiger partial charge in [0.05, 0.1) is 38.6 Å². The van der Waals surface area contributed by atoms with Crippen molar-refractivity contribution < 1.29 is 60.3 Å². The second kappa shape index (κ2) is 20.9. The lowest BCUT2D eigenvalue weighted by Crippen LogP contribution is -2.40. The van der Waals surface area contributed by atoms with Gasteiger partial charge in [-0.1, -0.05) is 68.8 Å². The Bertz CT molecular complexity index is 2520. The summed E-state index contributed by atoms with van der Waals surface area (Å²) in [5.41, 5.74) is 1.31. The molecule has 13 heteroatoms. The predicted molar refractivity (Wildman–Crippen MR) is 229 cm³/mol. The van der Waals surface area contributed by atoms with Crippen LogP contribution in [0.1, 0.15) is 74.6 Å². The third kappa shape index (κ3) is 10.3. The van der Waals surface area contributed by atoms with Gasteiger partial charge in [-0.2, -0.15) is 0 Å². The van der Waals surface area contributed by atoms with E-state index in [4.69, 9.17) is 29.2 Å². The van der Waals surface area contributed by atoms with Crippen LogP contribution in [0.4, 0.5) is 26.3 Å². The molecule has 0 aliphatic carbocycles. The van der Waals surface area contributed by atoms with Crippen LogP contribution in [0.25, 0.3) is 43.1 Å². The molecule has 4 atom stereocenters. The molecule has 63 heavy (non-hydrogen) atoms. The molecule has 3 saturated heterocycles. The average Bonchev–Trinajstić information content (AvgIpc) is 3.31. The van der Waals surface area contributed by atoms with E-state index in [1.807, 2.05) is 12.1 Å². The van der Waals surface area contributed by atoms with Gasteiger partial charge in [0.1, 0.15) is 6.29 Å². The summed E-state index contributed by atoms with van der Waals surface area (Å²) < 4.78 is 105. The Kier molecular flexibility index (Phi) is 15.4. The highest BCUT2D eigenvalue weighted by Crippen LogP contribution is 2.36. The number of benzene rings is 6. The molecule has 3 aliphatic rings. The first-order valence-corrected chi connectivity index (χ1v) is 21.6. The van der Waals surface area contributed by atoms with Crippen molar-refractivity contribution in [1.82, 2.24) is 0 Å². The molecule has 7 nitrogen and oxygen atoms in total. The van der Waals surface area contributed by atoms with Gasteiger partial charge in [0.25, 0.3) is 0 Å². The Balaban J connectivity index is 0.000000162. The zero-order chi connectivity index (χ0) is 44.8. The normalized spacial score (nSPS) is 22.8. The summed E-state index contributed by atoms with van der Waals surface area (Å²) >= 11 is 0. The summed E-state index contributed by atoms with van der Waals surface area (Å²) in [6.45, 7) is 7.14. The lowest BCUT2D eigenvalue weighted by Gasteiger charge is -2.37. The van der Waals surface area contributed by atoms with Crippen molar-refractivity contribution in [2.45, 2.75) is 70.9 Å². The highest BCUT2D eigenvalue weighted by molar-refractivity contribution is 6.09. The fraction of sp³-hybridized carbons (Fsp3) is 0.420. The standard InChI is InChI=1S/C26H27F3O3.C15H7F3O.C9H18O3/c1-2-3-15-4-9-23(30-12-15)18-13-31-26(32-14-18)17-6-7-19-16(10-17)5-8-20-21(19)11-22(27)25(29)24(20)28;16-13-6-12-10-3-1-8(7-19)5-9(10)2-4-11(12)14(17)15(13)18;1-7-2-3-9(12-6-7)8(4-10)5-11/h5-8,10-11,15,18,23,26H,2-4,9,12-14H2,1H3;1-7H;7-11H,2-6H2,1H3. The van der Waals surface area contributed by atoms with Gasteiger partial charge in [-0.15, -0.1) is 0 Å². The zero-order valence-electron chi connectivity index (χ0n) is 35.2. The molecular formula is C50H52F6O7. The summed E-state index contributed by atoms with van der Waals surface area (Å²) in [6.07, 6.45) is 7.20. The maximum absolute atomic E-state index is 14.1. The first-order chi connectivity index (χ1) is 30.4. The maximum atomic E-state index is 14.1. The SMILES string of the molecule is CC1CCC(C(CO)CO)OC1.CCCC1CCC(C2COC(c3ccc4c(ccc5c(F)c(F)c(F)cc54)c3)OC2)OC1.O=Cc1ccc2c(ccc3c(F)c(F)c(F)cc32)c1. The minimum Gasteiger partial charge on any atom is -0.396 e. The smallest absolute Gasteiger partial charge is 0.195 e. The van der Waals surface area contributed by atoms with Crippen molar-refractivity contribution in [3.8, 4) is 0 Å². The zero-order valence-corrected chi connectivity index (χ0v) is 35.2. The number of rotatable bonds is 8. The summed E-state index contributed by atoms with van der Waals surface area (Å²) in [6, 6.07) is 18.4. The minimum absolute atomic E-state index is 0.0188. The molecule has 9 rings (SSSR count). The number of halogens is 6. The number of fused-ring (bicyclic) bond motifs is 6. The Hall–Kier alpha value is -4.63. The van der Waals surface area contributed by atoms with Crippen molar-refractivity contribution in [3.63, 3.8) is 0 Å². The highest BCUT2D eigenvalue weighted by Gasteiger charge is 2.33. The second-order valence-electron chi connectivity index (χ2n) is 16.9. The Morgan fingerprint density at radius 2 is 1.21 bits per heavy atom. The van der Waals surface area contributed by atoms with Gasteiger partial charge in [0, 0.05) is 46.9 Å². The summed E-state index contributed by atoms with van der Waals surface area (Å²) in [5, 5.41) is 21.2. The lowest BCUT2D eigenvalue weighted by atomic mass is 9.89. The van der Waals surface area contributed by atoms with Crippen molar-refractivity contribution in [2.75, 3.05) is 39.6 Å². The summed E-state index contributed by atoms with van der Waals surface area (Å²) in [5.74, 6) is -6.28. The van der Waals surface area contributed by atoms with Crippen LogP contribution in [-0.4, -0.2) is 68.3 Å². The molecular weight excluding hydrogens is 827 g/mol. The number of aldehydes is 1. The summed E-state index contributed by atoms with van der Waals surface area (Å²) in [7, 11) is 0. The maximum Gasteiger partial charge on any atom is 0.195 e. The largest absolute Gasteiger partial charge is 0.396 e. The molecule has 3 heterocycles. The molecule has 0 spiro atoms. The molecule has 0 amide bonds. The van der Waals surface area contributed by atoms with Crippen LogP contribution in [0, 0.1) is 58.6 Å². The van der Waals surface area contributed by atoms with E-state index in [1.165, 1.54) is 31.4 Å². The van der Waals surface area contributed by atoms with Crippen molar-refractivity contribution in [2.24, 2.45) is 23.7 Å². The molecule has 0 saturated carbocycles. The number of hydrogen-bond donors (Lipinski definition) is 2. The molecule has 3 fully saturated rings. The van der Waals surface area contributed by atoms with Crippen LogP contribution < -0.4 is 0 Å². The quantitative estimate of drug-likeness (QED) is 0.0681. The van der Waals surface area contributed by atoms with Crippen molar-refractivity contribution in [3.05, 3.63) is 119 Å². The number of hydrogen-bond acceptors (Lipinski definition) is 7. The van der Waals surface area contributed by atoms with E-state index in [0.29, 0.717) is 58.4 Å². The molecule has 336 valence electrons. The first-order valence-electron chi connectivity index (χ1n) is 21.6. The minimum atomic E-state index is -1.48. The van der Waals surface area contributed by atoms with Crippen LogP contribution in [0.2, 0.25) is 0 Å². The summed E-state index contributed by atoms with van der Waals surface area (Å²) in [4.78, 5) is 10.7. The molecule has 4 unspecified atom stereocenters. The number of aliphatic hydroxyl groups is 2. The van der Waals surface area contributed by atoms with E-state index in [0.717, 1.165) is 55.6 Å². The Morgan fingerprint density at radius 1 is 0.619 bits per heavy atom. The van der Waals surface area contributed by atoms with E-state index >= 15 is 0 Å². The third-order valence-corrected chi connectivity index (χ3v) is 12.5. The highest BCUT2D eigenvalue weighted by atomic mass is 19.2. The average molecular weight is 879 g/mol. The lowest BCUT2D eigenvalue weighted by molar-refractivity contribution is -0.227. The van der Waals surface area contributed by atoms with Crippen molar-refractivity contribution >= 4 is 49.4 Å². The van der Waals surface area contributed by atoms with Gasteiger partial charge < -0.3 is 29.2 Å². The van der Waals surface area contributed by atoms with E-state index in [1.54, 1.807) is 36.4 Å². The van der Waals surface area contributed by atoms with E-state index < -0.39 is 41.2 Å². The molecule has 0 aromatic heterocycles. The number of ether oxygens (including phenoxy) is 4. The third-order valence-electron chi connectivity index (χ3n) is 12.5. The van der Waals surface area contributed by atoms with Crippen LogP contribution in [-0.2, 0) is 18.9 Å². The Morgan fingerprint density at radius 3 is 1.73 bits per heavy atom. The molecule has 0 bridgehead atoms. The van der Waals surface area contributed by atoms with Gasteiger partial charge in [-0.3, -0.25) is 4.79 Å². The van der Waals surface area contributed by atoms with Gasteiger partial charge >= 0.3 is 0 Å². The first kappa shape index (κ1) is 46.4. The fourth-order valence-electron chi connectivity index (χ4n) is 8.81. The van der Waals surface area contributed by atoms with E-state index in [9.17, 15) is 31.1 Å². The van der Waals surface area contributed by atoms with Crippen molar-refractivity contribution in [1.29, 1.82) is 0 Å². The van der Waals surface area contributed by atoms with Gasteiger partial charge in [-0.25, -0.2) is 26.3 Å². The fourth-order valence-corrected chi connectivity index (χ4v) is 8.81. The predicted octanol–water partition coefficient (Wildman–Crippen LogP) is 11.3. The molecule has 6 aromatic rings. The van der Waals surface area contributed by atoms with Gasteiger partial charge in [0.15, 0.2) is 41.2 Å².